The molecule has 0 aliphatic rings. The monoisotopic (exact) mass is 218 g/mol. The fraction of sp³-hybridized carbons (Fsp3) is 0.571. The minimum absolute atomic E-state index is 0.261. The summed E-state index contributed by atoms with van der Waals surface area (Å²) in [6, 6.07) is 0. The Labute approximate surface area is 84.6 Å². The second kappa shape index (κ2) is 5.93. The highest BCUT2D eigenvalue weighted by molar-refractivity contribution is 8.00. The lowest BCUT2D eigenvalue weighted by atomic mass is 10.3. The van der Waals surface area contributed by atoms with Crippen LogP contribution in [0.25, 0.3) is 0 Å². The number of carboxylic acids is 1. The quantitative estimate of drug-likeness (QED) is 0.583. The van der Waals surface area contributed by atoms with Crippen LogP contribution in [-0.4, -0.2) is 26.2 Å². The van der Waals surface area contributed by atoms with Gasteiger partial charge < -0.3 is 5.11 Å². The van der Waals surface area contributed by atoms with Crippen molar-refractivity contribution >= 4 is 29.3 Å². The maximum atomic E-state index is 10.2. The van der Waals surface area contributed by atoms with E-state index in [0.29, 0.717) is 0 Å². The van der Waals surface area contributed by atoms with Gasteiger partial charge in [-0.1, -0.05) is 11.8 Å². The number of unbranched alkanes of at least 4 members (excludes halogenated alkanes) is 1. The summed E-state index contributed by atoms with van der Waals surface area (Å²) in [7, 11) is 0. The maximum absolute atomic E-state index is 10.2. The molecule has 0 fully saturated rings. The molecule has 4 nitrogen and oxygen atoms in total. The van der Waals surface area contributed by atoms with Gasteiger partial charge in [-0.3, -0.25) is 4.79 Å². The van der Waals surface area contributed by atoms with Gasteiger partial charge in [0.25, 0.3) is 0 Å². The molecule has 0 saturated carbocycles. The first-order valence-corrected chi connectivity index (χ1v) is 5.66. The smallest absolute Gasteiger partial charge is 0.303 e. The van der Waals surface area contributed by atoms with Crippen LogP contribution in [0.2, 0.25) is 0 Å². The number of carbonyl (C=O) groups is 1. The normalized spacial score (nSPS) is 10.2. The van der Waals surface area contributed by atoms with Crippen molar-refractivity contribution < 1.29 is 9.90 Å². The van der Waals surface area contributed by atoms with Crippen LogP contribution in [0, 0.1) is 0 Å². The molecule has 72 valence electrons. The molecule has 1 aromatic rings. The van der Waals surface area contributed by atoms with Gasteiger partial charge in [0, 0.05) is 12.2 Å². The molecule has 1 rings (SSSR count). The standard InChI is InChI=1S/C7H10N2O2S2/c10-6(11)3-1-2-4-12-7-8-5-9-13-7/h5H,1-4H2,(H,10,11). The van der Waals surface area contributed by atoms with Gasteiger partial charge in [-0.05, 0) is 24.4 Å². The second-order valence-corrected chi connectivity index (χ2v) is 4.53. The van der Waals surface area contributed by atoms with E-state index >= 15 is 0 Å². The highest BCUT2D eigenvalue weighted by Crippen LogP contribution is 2.19. The van der Waals surface area contributed by atoms with Crippen molar-refractivity contribution in [2.24, 2.45) is 0 Å². The Bertz CT molecular complexity index is 251. The number of thioether (sulfide) groups is 1. The van der Waals surface area contributed by atoms with E-state index in [1.807, 2.05) is 0 Å². The van der Waals surface area contributed by atoms with Crippen LogP contribution in [0.3, 0.4) is 0 Å². The van der Waals surface area contributed by atoms with Crippen LogP contribution >= 0.6 is 23.3 Å². The van der Waals surface area contributed by atoms with E-state index in [0.717, 1.165) is 22.9 Å². The van der Waals surface area contributed by atoms with Gasteiger partial charge in [-0.25, -0.2) is 4.98 Å². The van der Waals surface area contributed by atoms with Crippen molar-refractivity contribution in [3.8, 4) is 0 Å². The highest BCUT2D eigenvalue weighted by Gasteiger charge is 1.99. The minimum atomic E-state index is -0.721. The highest BCUT2D eigenvalue weighted by atomic mass is 32.2. The van der Waals surface area contributed by atoms with E-state index < -0.39 is 5.97 Å². The molecule has 0 radical (unpaired) electrons. The summed E-state index contributed by atoms with van der Waals surface area (Å²) in [5.41, 5.74) is 0. The molecule has 13 heavy (non-hydrogen) atoms. The van der Waals surface area contributed by atoms with Crippen molar-refractivity contribution in [2.45, 2.75) is 23.6 Å². The number of rotatable bonds is 6. The number of nitrogens with zero attached hydrogens (tertiary/aromatic N) is 2. The predicted molar refractivity (Wildman–Crippen MR) is 52.1 cm³/mol. The first-order valence-electron chi connectivity index (χ1n) is 3.90. The fourth-order valence-corrected chi connectivity index (χ4v) is 2.28. The topological polar surface area (TPSA) is 63.1 Å². The van der Waals surface area contributed by atoms with Crippen molar-refractivity contribution in [1.29, 1.82) is 0 Å². The lowest BCUT2D eigenvalue weighted by Crippen LogP contribution is -1.94. The lowest BCUT2D eigenvalue weighted by molar-refractivity contribution is -0.137. The van der Waals surface area contributed by atoms with Crippen LogP contribution in [0.4, 0.5) is 0 Å². The molecule has 0 spiro atoms. The maximum Gasteiger partial charge on any atom is 0.303 e. The van der Waals surface area contributed by atoms with E-state index in [-0.39, 0.29) is 6.42 Å². The molecule has 0 atom stereocenters. The number of carboxylic acid groups (broad SMARTS) is 1. The second-order valence-electron chi connectivity index (χ2n) is 2.41. The minimum Gasteiger partial charge on any atom is -0.481 e. The zero-order valence-corrected chi connectivity index (χ0v) is 8.61. The van der Waals surface area contributed by atoms with Crippen molar-refractivity contribution in [1.82, 2.24) is 9.36 Å². The van der Waals surface area contributed by atoms with Crippen LogP contribution in [0.5, 0.6) is 0 Å². The van der Waals surface area contributed by atoms with Gasteiger partial charge >= 0.3 is 5.97 Å². The molecular weight excluding hydrogens is 208 g/mol. The zero-order valence-electron chi connectivity index (χ0n) is 6.97. The molecule has 0 bridgehead atoms. The molecule has 1 N–H and O–H groups in total. The van der Waals surface area contributed by atoms with Crippen molar-refractivity contribution in [3.63, 3.8) is 0 Å². The van der Waals surface area contributed by atoms with E-state index in [2.05, 4.69) is 9.36 Å². The SMILES string of the molecule is O=C(O)CCCCSc1ncns1. The molecule has 0 saturated heterocycles. The molecule has 0 aliphatic heterocycles. The number of hydrogen-bond donors (Lipinski definition) is 1. The molecule has 6 heteroatoms. The zero-order chi connectivity index (χ0) is 9.52. The summed E-state index contributed by atoms with van der Waals surface area (Å²) in [6.45, 7) is 0. The van der Waals surface area contributed by atoms with Crippen LogP contribution < -0.4 is 0 Å². The fourth-order valence-electron chi connectivity index (χ4n) is 0.764. The third-order valence-electron chi connectivity index (χ3n) is 1.35. The molecule has 1 heterocycles. The first kappa shape index (κ1) is 10.5. The first-order chi connectivity index (χ1) is 6.29. The van der Waals surface area contributed by atoms with E-state index in [1.165, 1.54) is 17.9 Å². The van der Waals surface area contributed by atoms with Gasteiger partial charge in [0.2, 0.25) is 0 Å². The van der Waals surface area contributed by atoms with Gasteiger partial charge in [-0.15, -0.1) is 0 Å². The van der Waals surface area contributed by atoms with Crippen LogP contribution in [0.15, 0.2) is 10.7 Å². The van der Waals surface area contributed by atoms with Crippen LogP contribution in [0.1, 0.15) is 19.3 Å². The summed E-state index contributed by atoms with van der Waals surface area (Å²) in [5.74, 6) is 0.198. The summed E-state index contributed by atoms with van der Waals surface area (Å²) in [5, 5.41) is 8.37. The Balaban J connectivity index is 1.99. The number of aliphatic carboxylic acids is 1. The number of aromatic nitrogens is 2. The van der Waals surface area contributed by atoms with Gasteiger partial charge in [0.05, 0.1) is 0 Å². The average molecular weight is 218 g/mol. The molecule has 1 aromatic heterocycles. The summed E-state index contributed by atoms with van der Waals surface area (Å²) in [4.78, 5) is 14.2. The number of hydrogen-bond acceptors (Lipinski definition) is 5. The molecule has 0 unspecified atom stereocenters. The van der Waals surface area contributed by atoms with Gasteiger partial charge in [0.15, 0.2) is 4.34 Å². The summed E-state index contributed by atoms with van der Waals surface area (Å²) < 4.78 is 4.82. The van der Waals surface area contributed by atoms with E-state index in [4.69, 9.17) is 5.11 Å². The Morgan fingerprint density at radius 1 is 1.62 bits per heavy atom. The Kier molecular flexibility index (Phi) is 4.77. The molecule has 0 aromatic carbocycles. The Morgan fingerprint density at radius 3 is 3.08 bits per heavy atom. The third-order valence-corrected chi connectivity index (χ3v) is 3.24. The average Bonchev–Trinajstić information content (AvgIpc) is 2.55. The van der Waals surface area contributed by atoms with Crippen molar-refractivity contribution in [2.75, 3.05) is 5.75 Å². The molecule has 0 aliphatic carbocycles. The van der Waals surface area contributed by atoms with Gasteiger partial charge in [-0.2, -0.15) is 4.37 Å². The summed E-state index contributed by atoms with van der Waals surface area (Å²) >= 11 is 3.00. The van der Waals surface area contributed by atoms with Gasteiger partial charge in [0.1, 0.15) is 6.33 Å². The third kappa shape index (κ3) is 4.84. The Morgan fingerprint density at radius 2 is 2.46 bits per heavy atom. The summed E-state index contributed by atoms with van der Waals surface area (Å²) in [6.07, 6.45) is 3.44. The van der Waals surface area contributed by atoms with Crippen LogP contribution in [-0.2, 0) is 4.79 Å². The molecule has 0 amide bonds. The Hall–Kier alpha value is -0.620. The van der Waals surface area contributed by atoms with Crippen molar-refractivity contribution in [3.05, 3.63) is 6.33 Å². The molecular formula is C7H10N2O2S2. The predicted octanol–water partition coefficient (Wildman–Crippen LogP) is 1.89. The largest absolute Gasteiger partial charge is 0.481 e. The van der Waals surface area contributed by atoms with E-state index in [9.17, 15) is 4.79 Å². The lowest BCUT2D eigenvalue weighted by Gasteiger charge is -1.95. The van der Waals surface area contributed by atoms with E-state index in [1.54, 1.807) is 11.8 Å².